The number of nitrogens with one attached hydrogen (secondary N) is 1. The topological polar surface area (TPSA) is 28.7 Å². The molecule has 0 amide bonds. The molecule has 5 heteroatoms. The van der Waals surface area contributed by atoms with E-state index in [0.717, 1.165) is 16.6 Å². The number of aromatic nitrogens is 2. The molecule has 2 aromatic rings. The van der Waals surface area contributed by atoms with E-state index in [-0.39, 0.29) is 0 Å². The minimum atomic E-state index is 0.633. The van der Waals surface area contributed by atoms with Gasteiger partial charge < -0.3 is 4.98 Å². The molecule has 1 fully saturated rings. The van der Waals surface area contributed by atoms with Gasteiger partial charge in [0.25, 0.3) is 0 Å². The van der Waals surface area contributed by atoms with Crippen LogP contribution in [-0.2, 0) is 5.75 Å². The van der Waals surface area contributed by atoms with E-state index < -0.39 is 0 Å². The summed E-state index contributed by atoms with van der Waals surface area (Å²) in [4.78, 5) is 9.12. The van der Waals surface area contributed by atoms with Gasteiger partial charge >= 0.3 is 0 Å². The molecule has 1 aromatic heterocycles. The predicted octanol–water partition coefficient (Wildman–Crippen LogP) is 5.74. The lowest BCUT2D eigenvalue weighted by Gasteiger charge is -2.11. The molecular formula is C16H17ClN2S2. The number of aromatic amines is 1. The van der Waals surface area contributed by atoms with Crippen LogP contribution in [0.15, 0.2) is 35.2 Å². The smallest absolute Gasteiger partial charge is 0.130 e. The average molecular weight is 337 g/mol. The first kappa shape index (κ1) is 15.1. The summed E-state index contributed by atoms with van der Waals surface area (Å²) in [6, 6.07) is 9.91. The van der Waals surface area contributed by atoms with Gasteiger partial charge in [0, 0.05) is 15.6 Å². The van der Waals surface area contributed by atoms with Crippen LogP contribution >= 0.6 is 35.6 Å². The van der Waals surface area contributed by atoms with Crippen molar-refractivity contribution in [2.75, 3.05) is 0 Å². The van der Waals surface area contributed by atoms with E-state index in [9.17, 15) is 0 Å². The molecule has 1 aliphatic rings. The van der Waals surface area contributed by atoms with Crippen LogP contribution in [0.5, 0.6) is 0 Å². The lowest BCUT2D eigenvalue weighted by atomic mass is 10.0. The molecule has 2 nitrogen and oxygen atoms in total. The van der Waals surface area contributed by atoms with Crippen LogP contribution in [0.4, 0.5) is 0 Å². The Morgan fingerprint density at radius 1 is 1.24 bits per heavy atom. The molecule has 3 rings (SSSR count). The second kappa shape index (κ2) is 6.95. The van der Waals surface area contributed by atoms with Gasteiger partial charge in [-0.15, -0.1) is 11.8 Å². The van der Waals surface area contributed by atoms with Crippen LogP contribution in [0.1, 0.15) is 43.1 Å². The number of benzene rings is 1. The zero-order valence-electron chi connectivity index (χ0n) is 11.6. The van der Waals surface area contributed by atoms with Crippen LogP contribution < -0.4 is 0 Å². The maximum absolute atomic E-state index is 5.90. The van der Waals surface area contributed by atoms with E-state index in [0.29, 0.717) is 10.6 Å². The average Bonchev–Trinajstić information content (AvgIpc) is 3.00. The first-order chi connectivity index (χ1) is 10.2. The number of thioether (sulfide) groups is 1. The van der Waals surface area contributed by atoms with Crippen LogP contribution in [0.25, 0.3) is 0 Å². The maximum Gasteiger partial charge on any atom is 0.130 e. The summed E-state index contributed by atoms with van der Waals surface area (Å²) in [5.41, 5.74) is 1.26. The van der Waals surface area contributed by atoms with Crippen LogP contribution in [0.2, 0.25) is 5.02 Å². The number of nitrogens with zero attached hydrogens (tertiary/aromatic N) is 1. The van der Waals surface area contributed by atoms with Gasteiger partial charge in [-0.25, -0.2) is 4.98 Å². The number of H-pyrrole nitrogens is 1. The van der Waals surface area contributed by atoms with Gasteiger partial charge in [0.05, 0.1) is 5.75 Å². The Bertz CT molecular complexity index is 661. The van der Waals surface area contributed by atoms with Crippen molar-refractivity contribution in [3.8, 4) is 0 Å². The SMILES string of the molecule is S=c1cc(C2CCCC2)[nH]c(CSc2ccc(Cl)cc2)n1. The zero-order valence-corrected chi connectivity index (χ0v) is 14.0. The number of hydrogen-bond acceptors (Lipinski definition) is 3. The Balaban J connectivity index is 1.72. The Kier molecular flexibility index (Phi) is 4.99. The molecule has 1 aliphatic carbocycles. The molecule has 0 saturated heterocycles. The molecule has 21 heavy (non-hydrogen) atoms. The van der Waals surface area contributed by atoms with Crippen molar-refractivity contribution in [3.05, 3.63) is 51.5 Å². The van der Waals surface area contributed by atoms with Gasteiger partial charge in [0.15, 0.2) is 0 Å². The second-order valence-corrected chi connectivity index (χ2v) is 7.25. The number of rotatable bonds is 4. The first-order valence-electron chi connectivity index (χ1n) is 7.19. The summed E-state index contributed by atoms with van der Waals surface area (Å²) in [6.45, 7) is 0. The molecule has 1 saturated carbocycles. The molecule has 1 N–H and O–H groups in total. The van der Waals surface area contributed by atoms with E-state index in [2.05, 4.69) is 9.97 Å². The van der Waals surface area contributed by atoms with E-state index in [4.69, 9.17) is 23.8 Å². The van der Waals surface area contributed by atoms with Gasteiger partial charge in [0.1, 0.15) is 10.5 Å². The van der Waals surface area contributed by atoms with E-state index in [1.807, 2.05) is 30.3 Å². The van der Waals surface area contributed by atoms with Crippen molar-refractivity contribution in [2.45, 2.75) is 42.2 Å². The van der Waals surface area contributed by atoms with E-state index >= 15 is 0 Å². The Labute approximate surface area is 139 Å². The maximum atomic E-state index is 5.90. The normalized spacial score (nSPS) is 15.5. The number of halogens is 1. The van der Waals surface area contributed by atoms with Gasteiger partial charge in [-0.1, -0.05) is 36.7 Å². The highest BCUT2D eigenvalue weighted by atomic mass is 35.5. The summed E-state index contributed by atoms with van der Waals surface area (Å²) in [5.74, 6) is 2.39. The lowest BCUT2D eigenvalue weighted by molar-refractivity contribution is 0.687. The molecule has 0 bridgehead atoms. The highest BCUT2D eigenvalue weighted by Crippen LogP contribution is 2.33. The zero-order chi connectivity index (χ0) is 14.7. The highest BCUT2D eigenvalue weighted by molar-refractivity contribution is 7.98. The quantitative estimate of drug-likeness (QED) is 0.570. The third kappa shape index (κ3) is 4.09. The molecule has 0 spiro atoms. The molecule has 1 heterocycles. The fourth-order valence-corrected chi connectivity index (χ4v) is 3.87. The lowest BCUT2D eigenvalue weighted by Crippen LogP contribution is -2.02. The van der Waals surface area contributed by atoms with Gasteiger partial charge in [0.2, 0.25) is 0 Å². The Morgan fingerprint density at radius 2 is 1.95 bits per heavy atom. The minimum Gasteiger partial charge on any atom is -0.346 e. The molecule has 110 valence electrons. The van der Waals surface area contributed by atoms with Crippen LogP contribution in [0.3, 0.4) is 0 Å². The highest BCUT2D eigenvalue weighted by Gasteiger charge is 2.18. The Hall–Kier alpha value is -0.840. The van der Waals surface area contributed by atoms with Gasteiger partial charge in [-0.05, 0) is 49.1 Å². The van der Waals surface area contributed by atoms with E-state index in [1.54, 1.807) is 11.8 Å². The molecule has 0 atom stereocenters. The fourth-order valence-electron chi connectivity index (χ4n) is 2.74. The monoisotopic (exact) mass is 336 g/mol. The molecular weight excluding hydrogens is 320 g/mol. The number of hydrogen-bond donors (Lipinski definition) is 1. The largest absolute Gasteiger partial charge is 0.346 e. The van der Waals surface area contributed by atoms with Crippen molar-refractivity contribution in [3.63, 3.8) is 0 Å². The van der Waals surface area contributed by atoms with Crippen molar-refractivity contribution < 1.29 is 0 Å². The summed E-state index contributed by atoms with van der Waals surface area (Å²) >= 11 is 13.0. The molecule has 1 aromatic carbocycles. The third-order valence-electron chi connectivity index (χ3n) is 3.80. The molecule has 0 aliphatic heterocycles. The molecule has 0 radical (unpaired) electrons. The standard InChI is InChI=1S/C16H17ClN2S2/c17-12-5-7-13(8-6-12)21-10-15-18-14(9-16(20)19-15)11-3-1-2-4-11/h5-9,11H,1-4,10H2,(H,18,19,20). The van der Waals surface area contributed by atoms with Gasteiger partial charge in [-0.2, -0.15) is 0 Å². The minimum absolute atomic E-state index is 0.633. The van der Waals surface area contributed by atoms with Crippen LogP contribution in [-0.4, -0.2) is 9.97 Å². The molecule has 0 unspecified atom stereocenters. The van der Waals surface area contributed by atoms with Crippen molar-refractivity contribution >= 4 is 35.6 Å². The first-order valence-corrected chi connectivity index (χ1v) is 8.96. The van der Waals surface area contributed by atoms with Crippen LogP contribution in [0, 0.1) is 4.64 Å². The van der Waals surface area contributed by atoms with Crippen molar-refractivity contribution in [2.24, 2.45) is 0 Å². The fraction of sp³-hybridized carbons (Fsp3) is 0.375. The summed E-state index contributed by atoms with van der Waals surface area (Å²) in [7, 11) is 0. The van der Waals surface area contributed by atoms with Crippen molar-refractivity contribution in [1.82, 2.24) is 9.97 Å². The van der Waals surface area contributed by atoms with E-state index in [1.165, 1.54) is 36.3 Å². The summed E-state index contributed by atoms with van der Waals surface area (Å²) in [6.07, 6.45) is 5.17. The predicted molar refractivity (Wildman–Crippen MR) is 91.6 cm³/mol. The van der Waals surface area contributed by atoms with Gasteiger partial charge in [-0.3, -0.25) is 0 Å². The summed E-state index contributed by atoms with van der Waals surface area (Å²) in [5, 5.41) is 0.764. The van der Waals surface area contributed by atoms with Crippen molar-refractivity contribution in [1.29, 1.82) is 0 Å². The summed E-state index contributed by atoms with van der Waals surface area (Å²) < 4.78 is 0.697. The third-order valence-corrected chi connectivity index (χ3v) is 5.28. The second-order valence-electron chi connectivity index (χ2n) is 5.35. The Morgan fingerprint density at radius 3 is 2.67 bits per heavy atom.